The standard InChI is InChI=1S/C16H21NO2/c1-16(2,19)9-17-15(18)14-12-8-7-10-5-3-4-6-11(10)13(12)14/h3-6,12-14,19H,7-9H2,1-2H3,(H,17,18). The first-order valence-corrected chi connectivity index (χ1v) is 7.05. The summed E-state index contributed by atoms with van der Waals surface area (Å²) in [5, 5.41) is 12.6. The average Bonchev–Trinajstić information content (AvgIpc) is 3.10. The SMILES string of the molecule is CC(C)(O)CNC(=O)C1C2CCc3ccccc3C21. The Bertz CT molecular complexity index is 504. The molecule has 3 unspecified atom stereocenters. The van der Waals surface area contributed by atoms with Gasteiger partial charge in [-0.15, -0.1) is 0 Å². The quantitative estimate of drug-likeness (QED) is 0.870. The van der Waals surface area contributed by atoms with E-state index in [9.17, 15) is 9.90 Å². The summed E-state index contributed by atoms with van der Waals surface area (Å²) in [6.45, 7) is 3.74. The molecule has 19 heavy (non-hydrogen) atoms. The van der Waals surface area contributed by atoms with E-state index in [1.54, 1.807) is 13.8 Å². The van der Waals surface area contributed by atoms with E-state index in [1.165, 1.54) is 11.1 Å². The minimum Gasteiger partial charge on any atom is -0.389 e. The van der Waals surface area contributed by atoms with Crippen molar-refractivity contribution in [2.45, 2.75) is 38.2 Å². The molecule has 1 fully saturated rings. The lowest BCUT2D eigenvalue weighted by Gasteiger charge is -2.17. The predicted octanol–water partition coefficient (Wildman–Crippen LogP) is 1.85. The van der Waals surface area contributed by atoms with Gasteiger partial charge in [0.15, 0.2) is 0 Å². The van der Waals surface area contributed by atoms with Gasteiger partial charge < -0.3 is 10.4 Å². The van der Waals surface area contributed by atoms with Crippen molar-refractivity contribution in [3.05, 3.63) is 35.4 Å². The maximum Gasteiger partial charge on any atom is 0.224 e. The van der Waals surface area contributed by atoms with Crippen LogP contribution < -0.4 is 5.32 Å². The molecule has 0 aliphatic heterocycles. The molecule has 1 aromatic carbocycles. The van der Waals surface area contributed by atoms with E-state index in [4.69, 9.17) is 0 Å². The number of rotatable bonds is 3. The number of amides is 1. The van der Waals surface area contributed by atoms with Gasteiger partial charge >= 0.3 is 0 Å². The van der Waals surface area contributed by atoms with Gasteiger partial charge in [0.25, 0.3) is 0 Å². The molecule has 102 valence electrons. The van der Waals surface area contributed by atoms with Gasteiger partial charge in [-0.25, -0.2) is 0 Å². The maximum absolute atomic E-state index is 12.2. The minimum atomic E-state index is -0.840. The van der Waals surface area contributed by atoms with Crippen LogP contribution in [0.5, 0.6) is 0 Å². The lowest BCUT2D eigenvalue weighted by Crippen LogP contribution is -2.39. The molecule has 2 aliphatic rings. The third-order valence-corrected chi connectivity index (χ3v) is 4.33. The number of fused-ring (bicyclic) bond motifs is 3. The molecule has 2 N–H and O–H groups in total. The summed E-state index contributed by atoms with van der Waals surface area (Å²) < 4.78 is 0. The van der Waals surface area contributed by atoms with Gasteiger partial charge in [-0.3, -0.25) is 4.79 Å². The molecule has 3 nitrogen and oxygen atoms in total. The Morgan fingerprint density at radius 3 is 2.89 bits per heavy atom. The lowest BCUT2D eigenvalue weighted by molar-refractivity contribution is -0.123. The number of aryl methyl sites for hydroxylation is 1. The molecule has 3 heteroatoms. The fourth-order valence-corrected chi connectivity index (χ4v) is 3.35. The number of aliphatic hydroxyl groups is 1. The number of benzene rings is 1. The Morgan fingerprint density at radius 2 is 2.16 bits per heavy atom. The number of hydrogen-bond acceptors (Lipinski definition) is 2. The van der Waals surface area contributed by atoms with Crippen molar-refractivity contribution in [1.82, 2.24) is 5.32 Å². The zero-order valence-electron chi connectivity index (χ0n) is 11.5. The van der Waals surface area contributed by atoms with Crippen LogP contribution in [0.4, 0.5) is 0 Å². The molecule has 0 bridgehead atoms. The van der Waals surface area contributed by atoms with Crippen molar-refractivity contribution >= 4 is 5.91 Å². The van der Waals surface area contributed by atoms with Crippen LogP contribution >= 0.6 is 0 Å². The Labute approximate surface area is 114 Å². The molecule has 0 heterocycles. The molecule has 1 amide bonds. The van der Waals surface area contributed by atoms with Gasteiger partial charge in [0.05, 0.1) is 5.60 Å². The maximum atomic E-state index is 12.2. The molecule has 3 atom stereocenters. The van der Waals surface area contributed by atoms with Crippen molar-refractivity contribution in [2.24, 2.45) is 11.8 Å². The van der Waals surface area contributed by atoms with E-state index in [2.05, 4.69) is 29.6 Å². The van der Waals surface area contributed by atoms with E-state index in [0.29, 0.717) is 18.4 Å². The van der Waals surface area contributed by atoms with Crippen molar-refractivity contribution in [1.29, 1.82) is 0 Å². The summed E-state index contributed by atoms with van der Waals surface area (Å²) in [6.07, 6.45) is 2.20. The number of nitrogens with one attached hydrogen (secondary N) is 1. The van der Waals surface area contributed by atoms with Crippen molar-refractivity contribution in [3.8, 4) is 0 Å². The zero-order valence-corrected chi connectivity index (χ0v) is 11.5. The summed E-state index contributed by atoms with van der Waals surface area (Å²) in [5.74, 6) is 1.14. The van der Waals surface area contributed by atoms with Gasteiger partial charge in [-0.2, -0.15) is 0 Å². The summed E-state index contributed by atoms with van der Waals surface area (Å²) in [7, 11) is 0. The number of hydrogen-bond donors (Lipinski definition) is 2. The molecule has 0 spiro atoms. The Balaban J connectivity index is 1.69. The van der Waals surface area contributed by atoms with Crippen LogP contribution in [0.3, 0.4) is 0 Å². The molecular formula is C16H21NO2. The first-order chi connectivity index (χ1) is 8.97. The first kappa shape index (κ1) is 12.7. The number of carbonyl (C=O) groups excluding carboxylic acids is 1. The van der Waals surface area contributed by atoms with Gasteiger partial charge in [-0.05, 0) is 49.7 Å². The smallest absolute Gasteiger partial charge is 0.224 e. The summed E-state index contributed by atoms with van der Waals surface area (Å²) in [6, 6.07) is 8.47. The molecule has 0 saturated heterocycles. The lowest BCUT2D eigenvalue weighted by atomic mass is 9.92. The second-order valence-electron chi connectivity index (χ2n) is 6.48. The fraction of sp³-hybridized carbons (Fsp3) is 0.562. The van der Waals surface area contributed by atoms with E-state index < -0.39 is 5.60 Å². The van der Waals surface area contributed by atoms with Gasteiger partial charge in [-0.1, -0.05) is 24.3 Å². The van der Waals surface area contributed by atoms with Gasteiger partial charge in [0.2, 0.25) is 5.91 Å². The normalized spacial score (nSPS) is 28.3. The zero-order chi connectivity index (χ0) is 13.6. The summed E-state index contributed by atoms with van der Waals surface area (Å²) in [4.78, 5) is 12.2. The summed E-state index contributed by atoms with van der Waals surface area (Å²) >= 11 is 0. The first-order valence-electron chi connectivity index (χ1n) is 7.05. The highest BCUT2D eigenvalue weighted by molar-refractivity contribution is 5.84. The minimum absolute atomic E-state index is 0.105. The second kappa shape index (κ2) is 4.34. The molecule has 0 radical (unpaired) electrons. The van der Waals surface area contributed by atoms with Gasteiger partial charge in [0, 0.05) is 12.5 Å². The third-order valence-electron chi connectivity index (χ3n) is 4.33. The molecule has 2 aliphatic carbocycles. The summed E-state index contributed by atoms with van der Waals surface area (Å²) in [5.41, 5.74) is 1.93. The monoisotopic (exact) mass is 259 g/mol. The van der Waals surface area contributed by atoms with Crippen LogP contribution in [-0.2, 0) is 11.2 Å². The van der Waals surface area contributed by atoms with Gasteiger partial charge in [0.1, 0.15) is 0 Å². The van der Waals surface area contributed by atoms with E-state index in [0.717, 1.165) is 12.8 Å². The average molecular weight is 259 g/mol. The van der Waals surface area contributed by atoms with Crippen LogP contribution in [0.15, 0.2) is 24.3 Å². The Morgan fingerprint density at radius 1 is 1.42 bits per heavy atom. The highest BCUT2D eigenvalue weighted by atomic mass is 16.3. The predicted molar refractivity (Wildman–Crippen MR) is 73.8 cm³/mol. The van der Waals surface area contributed by atoms with E-state index in [-0.39, 0.29) is 11.8 Å². The highest BCUT2D eigenvalue weighted by Crippen LogP contribution is 2.59. The fourth-order valence-electron chi connectivity index (χ4n) is 3.35. The van der Waals surface area contributed by atoms with Crippen LogP contribution in [0.25, 0.3) is 0 Å². The Hall–Kier alpha value is -1.35. The van der Waals surface area contributed by atoms with Crippen LogP contribution in [-0.4, -0.2) is 23.2 Å². The largest absolute Gasteiger partial charge is 0.389 e. The molecule has 3 rings (SSSR count). The van der Waals surface area contributed by atoms with E-state index >= 15 is 0 Å². The van der Waals surface area contributed by atoms with Crippen LogP contribution in [0.2, 0.25) is 0 Å². The Kier molecular flexibility index (Phi) is 2.90. The number of carbonyl (C=O) groups is 1. The molecular weight excluding hydrogens is 238 g/mol. The van der Waals surface area contributed by atoms with E-state index in [1.807, 2.05) is 0 Å². The molecule has 1 aromatic rings. The van der Waals surface area contributed by atoms with Crippen LogP contribution in [0, 0.1) is 11.8 Å². The third kappa shape index (κ3) is 2.39. The topological polar surface area (TPSA) is 49.3 Å². The second-order valence-corrected chi connectivity index (χ2v) is 6.48. The van der Waals surface area contributed by atoms with Crippen molar-refractivity contribution < 1.29 is 9.90 Å². The molecule has 1 saturated carbocycles. The van der Waals surface area contributed by atoms with Crippen LogP contribution in [0.1, 0.15) is 37.3 Å². The highest BCUT2D eigenvalue weighted by Gasteiger charge is 2.56. The van der Waals surface area contributed by atoms with Crippen molar-refractivity contribution in [3.63, 3.8) is 0 Å². The molecule has 0 aromatic heterocycles. The van der Waals surface area contributed by atoms with Crippen molar-refractivity contribution in [2.75, 3.05) is 6.54 Å².